The summed E-state index contributed by atoms with van der Waals surface area (Å²) in [5.74, 6) is 1.37. The maximum Gasteiger partial charge on any atom is 0.225 e. The third-order valence-corrected chi connectivity index (χ3v) is 5.64. The van der Waals surface area contributed by atoms with Crippen LogP contribution in [0.5, 0.6) is 11.5 Å². The van der Waals surface area contributed by atoms with Crippen molar-refractivity contribution in [2.75, 3.05) is 6.54 Å². The van der Waals surface area contributed by atoms with Gasteiger partial charge in [-0.15, -0.1) is 0 Å². The molecule has 5 nitrogen and oxygen atoms in total. The van der Waals surface area contributed by atoms with E-state index in [1.165, 1.54) is 12.8 Å². The van der Waals surface area contributed by atoms with Crippen molar-refractivity contribution in [3.8, 4) is 11.5 Å². The van der Waals surface area contributed by atoms with Gasteiger partial charge in [-0.25, -0.2) is 0 Å². The van der Waals surface area contributed by atoms with E-state index in [9.17, 15) is 9.59 Å². The summed E-state index contributed by atoms with van der Waals surface area (Å²) in [5.41, 5.74) is 0.971. The molecule has 1 atom stereocenters. The van der Waals surface area contributed by atoms with Crippen LogP contribution in [0.15, 0.2) is 54.6 Å². The van der Waals surface area contributed by atoms with Gasteiger partial charge in [0.1, 0.15) is 11.5 Å². The van der Waals surface area contributed by atoms with Crippen molar-refractivity contribution in [1.29, 1.82) is 0 Å². The molecule has 1 heterocycles. The second-order valence-electron chi connectivity index (χ2n) is 7.67. The Morgan fingerprint density at radius 2 is 1.79 bits per heavy atom. The van der Waals surface area contributed by atoms with E-state index in [4.69, 9.17) is 4.74 Å². The molecule has 1 saturated heterocycles. The second-order valence-corrected chi connectivity index (χ2v) is 7.67. The van der Waals surface area contributed by atoms with Gasteiger partial charge in [-0.2, -0.15) is 0 Å². The summed E-state index contributed by atoms with van der Waals surface area (Å²) in [7, 11) is 0. The van der Waals surface area contributed by atoms with Gasteiger partial charge >= 0.3 is 0 Å². The smallest absolute Gasteiger partial charge is 0.225 e. The first kappa shape index (κ1) is 18.5. The average Bonchev–Trinajstić information content (AvgIpc) is 3.37. The first-order valence-corrected chi connectivity index (χ1v) is 10.1. The SMILES string of the molecule is O=C(NCc1cccc(Oc2ccccc2)c1)C1CC(=O)N(C2CCCC2)C1. The highest BCUT2D eigenvalue weighted by Gasteiger charge is 2.38. The van der Waals surface area contributed by atoms with Crippen LogP contribution in [0.2, 0.25) is 0 Å². The van der Waals surface area contributed by atoms with Gasteiger partial charge in [-0.1, -0.05) is 43.2 Å². The topological polar surface area (TPSA) is 58.6 Å². The molecule has 2 aromatic carbocycles. The van der Waals surface area contributed by atoms with Gasteiger partial charge in [0.15, 0.2) is 0 Å². The lowest BCUT2D eigenvalue weighted by molar-refractivity contribution is -0.130. The van der Waals surface area contributed by atoms with Crippen LogP contribution < -0.4 is 10.1 Å². The van der Waals surface area contributed by atoms with Gasteiger partial charge in [0.05, 0.1) is 5.92 Å². The molecule has 0 bridgehead atoms. The number of carbonyl (C=O) groups excluding carboxylic acids is 2. The lowest BCUT2D eigenvalue weighted by Gasteiger charge is -2.23. The minimum absolute atomic E-state index is 0.0387. The van der Waals surface area contributed by atoms with Crippen LogP contribution in [-0.2, 0) is 16.1 Å². The number of para-hydroxylation sites is 1. The lowest BCUT2D eigenvalue weighted by atomic mass is 10.1. The van der Waals surface area contributed by atoms with Crippen molar-refractivity contribution in [3.05, 3.63) is 60.2 Å². The van der Waals surface area contributed by atoms with Crippen LogP contribution >= 0.6 is 0 Å². The van der Waals surface area contributed by atoms with Gasteiger partial charge in [0, 0.05) is 25.6 Å². The standard InChI is InChI=1S/C23H26N2O3/c26-22-14-18(16-25(22)19-8-4-5-9-19)23(27)24-15-17-7-6-12-21(13-17)28-20-10-2-1-3-11-20/h1-3,6-7,10-13,18-19H,4-5,8-9,14-16H2,(H,24,27). The Labute approximate surface area is 165 Å². The highest BCUT2D eigenvalue weighted by atomic mass is 16.5. The number of amides is 2. The molecule has 2 aliphatic rings. The van der Waals surface area contributed by atoms with E-state index in [1.54, 1.807) is 0 Å². The maximum absolute atomic E-state index is 12.6. The minimum Gasteiger partial charge on any atom is -0.457 e. The number of hydrogen-bond donors (Lipinski definition) is 1. The molecule has 1 aliphatic heterocycles. The molecule has 0 spiro atoms. The fourth-order valence-electron chi connectivity index (χ4n) is 4.15. The van der Waals surface area contributed by atoms with Gasteiger partial charge < -0.3 is 15.0 Å². The molecule has 2 aromatic rings. The van der Waals surface area contributed by atoms with Crippen LogP contribution in [-0.4, -0.2) is 29.3 Å². The van der Waals surface area contributed by atoms with Gasteiger partial charge in [0.25, 0.3) is 0 Å². The quantitative estimate of drug-likeness (QED) is 0.830. The van der Waals surface area contributed by atoms with E-state index in [2.05, 4.69) is 5.32 Å². The Morgan fingerprint density at radius 3 is 2.57 bits per heavy atom. The van der Waals surface area contributed by atoms with E-state index < -0.39 is 0 Å². The average molecular weight is 378 g/mol. The zero-order valence-electron chi connectivity index (χ0n) is 16.0. The molecule has 1 aliphatic carbocycles. The molecule has 1 unspecified atom stereocenters. The van der Waals surface area contributed by atoms with E-state index in [1.807, 2.05) is 59.5 Å². The van der Waals surface area contributed by atoms with Crippen molar-refractivity contribution in [2.24, 2.45) is 5.92 Å². The van der Waals surface area contributed by atoms with Gasteiger partial charge in [-0.3, -0.25) is 9.59 Å². The number of carbonyl (C=O) groups is 2. The first-order chi connectivity index (χ1) is 13.7. The number of nitrogens with one attached hydrogen (secondary N) is 1. The van der Waals surface area contributed by atoms with Crippen LogP contribution in [0.25, 0.3) is 0 Å². The maximum atomic E-state index is 12.6. The van der Waals surface area contributed by atoms with E-state index in [0.29, 0.717) is 25.6 Å². The zero-order valence-corrected chi connectivity index (χ0v) is 16.0. The monoisotopic (exact) mass is 378 g/mol. The zero-order chi connectivity index (χ0) is 19.3. The lowest BCUT2D eigenvalue weighted by Crippen LogP contribution is -2.36. The highest BCUT2D eigenvalue weighted by molar-refractivity contribution is 5.89. The van der Waals surface area contributed by atoms with E-state index in [0.717, 1.165) is 29.9 Å². The Hall–Kier alpha value is -2.82. The van der Waals surface area contributed by atoms with Crippen LogP contribution in [0.3, 0.4) is 0 Å². The summed E-state index contributed by atoms with van der Waals surface area (Å²) in [6, 6.07) is 17.7. The number of benzene rings is 2. The van der Waals surface area contributed by atoms with Gasteiger partial charge in [0.2, 0.25) is 11.8 Å². The molecule has 1 N–H and O–H groups in total. The summed E-state index contributed by atoms with van der Waals surface area (Å²) < 4.78 is 5.85. The molecule has 4 rings (SSSR count). The molecular weight excluding hydrogens is 352 g/mol. The second kappa shape index (κ2) is 8.46. The number of nitrogens with zero attached hydrogens (tertiary/aromatic N) is 1. The predicted octanol–water partition coefficient (Wildman–Crippen LogP) is 3.89. The summed E-state index contributed by atoms with van der Waals surface area (Å²) in [6.07, 6.45) is 4.86. The minimum atomic E-state index is -0.239. The molecule has 2 amide bonds. The Balaban J connectivity index is 1.31. The van der Waals surface area contributed by atoms with Crippen LogP contribution in [0.4, 0.5) is 0 Å². The predicted molar refractivity (Wildman–Crippen MR) is 107 cm³/mol. The van der Waals surface area contributed by atoms with Crippen molar-refractivity contribution in [2.45, 2.75) is 44.7 Å². The number of likely N-dealkylation sites (tertiary alicyclic amines) is 1. The number of rotatable bonds is 6. The molecule has 146 valence electrons. The Kier molecular flexibility index (Phi) is 5.60. The van der Waals surface area contributed by atoms with Gasteiger partial charge in [-0.05, 0) is 42.7 Å². The molecular formula is C23H26N2O3. The number of ether oxygens (including phenoxy) is 1. The fraction of sp³-hybridized carbons (Fsp3) is 0.391. The summed E-state index contributed by atoms with van der Waals surface area (Å²) in [4.78, 5) is 26.8. The van der Waals surface area contributed by atoms with E-state index >= 15 is 0 Å². The highest BCUT2D eigenvalue weighted by Crippen LogP contribution is 2.29. The van der Waals surface area contributed by atoms with Crippen molar-refractivity contribution in [1.82, 2.24) is 10.2 Å². The molecule has 28 heavy (non-hydrogen) atoms. The van der Waals surface area contributed by atoms with Crippen molar-refractivity contribution >= 4 is 11.8 Å². The summed E-state index contributed by atoms with van der Waals surface area (Å²) in [5, 5.41) is 2.99. The van der Waals surface area contributed by atoms with Crippen molar-refractivity contribution in [3.63, 3.8) is 0 Å². The third-order valence-electron chi connectivity index (χ3n) is 5.64. The molecule has 5 heteroatoms. The van der Waals surface area contributed by atoms with Crippen molar-refractivity contribution < 1.29 is 14.3 Å². The third kappa shape index (κ3) is 4.35. The van der Waals surface area contributed by atoms with Crippen LogP contribution in [0.1, 0.15) is 37.7 Å². The largest absolute Gasteiger partial charge is 0.457 e. The summed E-state index contributed by atoms with van der Waals surface area (Å²) in [6.45, 7) is 0.992. The fourth-order valence-corrected chi connectivity index (χ4v) is 4.15. The molecule has 0 aromatic heterocycles. The van der Waals surface area contributed by atoms with Crippen LogP contribution in [0, 0.1) is 5.92 Å². The molecule has 0 radical (unpaired) electrons. The summed E-state index contributed by atoms with van der Waals surface area (Å²) >= 11 is 0. The Morgan fingerprint density at radius 1 is 1.04 bits per heavy atom. The normalized spacial score (nSPS) is 19.8. The van der Waals surface area contributed by atoms with E-state index in [-0.39, 0.29) is 17.7 Å². The first-order valence-electron chi connectivity index (χ1n) is 10.1. The molecule has 1 saturated carbocycles. The number of hydrogen-bond acceptors (Lipinski definition) is 3. The Bertz CT molecular complexity index is 831. The molecule has 2 fully saturated rings.